The first-order chi connectivity index (χ1) is 45.9. The zero-order valence-corrected chi connectivity index (χ0v) is 56.1. The van der Waals surface area contributed by atoms with Gasteiger partial charge in [-0.05, 0) is 168 Å². The molecule has 0 radical (unpaired) electrons. The summed E-state index contributed by atoms with van der Waals surface area (Å²) in [5.41, 5.74) is 17.4. The van der Waals surface area contributed by atoms with Crippen molar-refractivity contribution in [1.82, 2.24) is 24.7 Å². The first-order valence-electron chi connectivity index (χ1n) is 32.1. The summed E-state index contributed by atoms with van der Waals surface area (Å²) in [5.74, 6) is -11.8. The highest BCUT2D eigenvalue weighted by atomic mass is 32.2. The van der Waals surface area contributed by atoms with E-state index in [0.717, 1.165) is 31.0 Å². The van der Waals surface area contributed by atoms with E-state index in [-0.39, 0.29) is 119 Å². The molecule has 10 rings (SSSR count). The number of carbonyl (C=O) groups is 3. The third-order valence-electron chi connectivity index (χ3n) is 19.3. The summed E-state index contributed by atoms with van der Waals surface area (Å²) < 4.78 is 234. The van der Waals surface area contributed by atoms with Crippen molar-refractivity contribution in [2.75, 3.05) is 30.3 Å². The summed E-state index contributed by atoms with van der Waals surface area (Å²) in [6.07, 6.45) is 1.72. The lowest BCUT2D eigenvalue weighted by atomic mass is 9.82. The van der Waals surface area contributed by atoms with Gasteiger partial charge >= 0.3 is 6.18 Å². The van der Waals surface area contributed by atoms with Crippen molar-refractivity contribution in [3.8, 4) is 0 Å². The first-order valence-corrected chi connectivity index (χ1v) is 37.1. The van der Waals surface area contributed by atoms with Gasteiger partial charge in [-0.2, -0.15) is 13.2 Å². The minimum absolute atomic E-state index is 0.00659. The third-order valence-corrected chi connectivity index (χ3v) is 24.7. The molecule has 5 aliphatic rings. The van der Waals surface area contributed by atoms with Gasteiger partial charge in [-0.1, -0.05) is 18.2 Å². The Bertz CT molecular complexity index is 4000. The number of piperidine rings is 3. The Balaban J connectivity index is 0.000000189. The molecule has 98 heavy (non-hydrogen) atoms. The highest BCUT2D eigenvalue weighted by Crippen LogP contribution is 2.43. The highest BCUT2D eigenvalue weighted by Gasteiger charge is 2.47. The molecule has 5 aliphatic heterocycles. The van der Waals surface area contributed by atoms with Crippen LogP contribution in [0.1, 0.15) is 120 Å². The number of aromatic nitrogens is 2. The smallest absolute Gasteiger partial charge is 0.343 e. The van der Waals surface area contributed by atoms with Crippen molar-refractivity contribution in [1.29, 1.82) is 0 Å². The number of nitrogens with zero attached hydrogens (tertiary/aromatic N) is 5. The molecule has 0 aliphatic carbocycles. The number of nitrogens with two attached hydrogens (primary N) is 3. The summed E-state index contributed by atoms with van der Waals surface area (Å²) in [6.45, 7) is 4.06. The normalized spacial score (nSPS) is 21.4. The number of hydrogen-bond donors (Lipinski definition) is 3. The van der Waals surface area contributed by atoms with E-state index >= 15 is 0 Å². The second-order valence-corrected chi connectivity index (χ2v) is 32.9. The standard InChI is InChI=1S/C24H27F3N2O3S.C23H24F6N4O3S.C19H27F3N2O3S/c25-20-14-22(27)21(26)12-15(20)13-23(28)16-10-17-6-7-18(11-16)29(17)24(30)8-9-33(31,32)19-4-2-1-3-5-19;24-16-11-18(26)17(25)9-12(16)10-19(30)13-7-14-1-2-15(8-13)33(14)21(34)4-6-37(35,36)22-31-5-3-20(32-22)23(27,28)29;1-12(2)28(26,27)8-5-19(25)24-6-3-13(4-7-24)18(23)10-14-9-16(21)17(22)11-15(14)20/h1-5,12,14,16-18,23H,6-11,13,28H2;3,5,9,11,13-15,19H,1-2,4,6-8,10,30H2;9,11-13,18H,3-8,10,23H2,1-2H3/t16?,17-,18+,23-;13?,14-,15+,19-;18-/m111/s1. The van der Waals surface area contributed by atoms with Gasteiger partial charge in [-0.25, -0.2) is 74.7 Å². The lowest BCUT2D eigenvalue weighted by molar-refractivity contribution is -0.142. The number of likely N-dealkylation sites (tertiary alicyclic amines) is 1. The van der Waals surface area contributed by atoms with Crippen LogP contribution < -0.4 is 17.2 Å². The van der Waals surface area contributed by atoms with Gasteiger partial charge in [-0.15, -0.1) is 0 Å². The Morgan fingerprint density at radius 3 is 1.24 bits per heavy atom. The molecular weight excluding hydrogens is 1370 g/mol. The van der Waals surface area contributed by atoms with Crippen LogP contribution in [-0.4, -0.2) is 146 Å². The number of fused-ring (bicyclic) bond motifs is 4. The van der Waals surface area contributed by atoms with Crippen LogP contribution >= 0.6 is 0 Å². The van der Waals surface area contributed by atoms with Crippen LogP contribution in [0.25, 0.3) is 0 Å². The van der Waals surface area contributed by atoms with Crippen LogP contribution in [0.2, 0.25) is 0 Å². The average Bonchev–Trinajstić information content (AvgIpc) is 1.55. The lowest BCUT2D eigenvalue weighted by Gasteiger charge is -2.41. The van der Waals surface area contributed by atoms with E-state index in [4.69, 9.17) is 17.2 Å². The summed E-state index contributed by atoms with van der Waals surface area (Å²) in [6, 6.07) is 10.6. The second kappa shape index (κ2) is 32.3. The summed E-state index contributed by atoms with van der Waals surface area (Å²) in [4.78, 5) is 49.9. The molecule has 6 heterocycles. The molecule has 3 amide bonds. The van der Waals surface area contributed by atoms with Crippen LogP contribution in [-0.2, 0) is 69.3 Å². The minimum atomic E-state index is -4.84. The number of benzene rings is 4. The van der Waals surface area contributed by atoms with Gasteiger partial charge in [-0.3, -0.25) is 14.4 Å². The number of hydrogen-bond acceptors (Lipinski definition) is 14. The van der Waals surface area contributed by atoms with Gasteiger partial charge in [0.1, 0.15) is 23.1 Å². The zero-order chi connectivity index (χ0) is 71.9. The zero-order valence-electron chi connectivity index (χ0n) is 53.6. The molecule has 6 N–H and O–H groups in total. The van der Waals surface area contributed by atoms with Crippen LogP contribution in [0.4, 0.5) is 52.7 Å². The number of sulfone groups is 3. The van der Waals surface area contributed by atoms with E-state index in [1.165, 1.54) is 12.1 Å². The van der Waals surface area contributed by atoms with E-state index in [1.807, 2.05) is 4.90 Å². The van der Waals surface area contributed by atoms with Crippen molar-refractivity contribution in [2.24, 2.45) is 35.0 Å². The largest absolute Gasteiger partial charge is 0.433 e. The van der Waals surface area contributed by atoms with Crippen molar-refractivity contribution in [2.45, 2.75) is 180 Å². The van der Waals surface area contributed by atoms with E-state index in [1.54, 1.807) is 41.8 Å². The minimum Gasteiger partial charge on any atom is -0.343 e. The molecule has 538 valence electrons. The maximum Gasteiger partial charge on any atom is 0.433 e. The molecule has 5 aromatic rings. The molecule has 5 fully saturated rings. The number of carbonyl (C=O) groups excluding carboxylic acids is 3. The fourth-order valence-corrected chi connectivity index (χ4v) is 17.0. The molecule has 2 unspecified atom stereocenters. The highest BCUT2D eigenvalue weighted by molar-refractivity contribution is 7.92. The molecule has 17 nitrogen and oxygen atoms in total. The Hall–Kier alpha value is -6.74. The first kappa shape index (κ1) is 77.0. The van der Waals surface area contributed by atoms with Crippen LogP contribution in [0.3, 0.4) is 0 Å². The van der Waals surface area contributed by atoms with Crippen molar-refractivity contribution >= 4 is 47.2 Å². The van der Waals surface area contributed by atoms with E-state index < -0.39 is 140 Å². The lowest BCUT2D eigenvalue weighted by Crippen LogP contribution is -2.50. The molecular formula is C66H78F12N8O9S3. The van der Waals surface area contributed by atoms with E-state index in [2.05, 4.69) is 9.97 Å². The van der Waals surface area contributed by atoms with Gasteiger partial charge in [0, 0.05) is 99.0 Å². The SMILES string of the molecule is CC(C)S(=O)(=O)CCC(=O)N1CCC([C@H](N)Cc2cc(F)c(F)cc2F)CC1.N[C@H](Cc1cc(F)c(F)cc1F)C1C[C@H]2CC[C@@H](C1)N2C(=O)CCS(=O)(=O)c1ccccc1.N[C@H](Cc1cc(F)c(F)cc1F)C1C[C@H]2CC[C@@H](C1)N2C(=O)CCS(=O)(=O)c1nccc(C(F)(F)F)n1. The number of amides is 3. The summed E-state index contributed by atoms with van der Waals surface area (Å²) in [7, 11) is -11.1. The predicted molar refractivity (Wildman–Crippen MR) is 336 cm³/mol. The molecule has 4 bridgehead atoms. The molecule has 32 heteroatoms. The van der Waals surface area contributed by atoms with Crippen LogP contribution in [0, 0.1) is 70.1 Å². The monoisotopic (exact) mass is 1450 g/mol. The van der Waals surface area contributed by atoms with Gasteiger partial charge in [0.2, 0.25) is 32.7 Å². The molecule has 5 saturated heterocycles. The quantitative estimate of drug-likeness (QED) is 0.0351. The maximum absolute atomic E-state index is 14.0. The Morgan fingerprint density at radius 2 is 0.857 bits per heavy atom. The second-order valence-electron chi connectivity index (χ2n) is 26.1. The fraction of sp³-hybridized carbons (Fsp3) is 0.530. The molecule has 0 saturated carbocycles. The Morgan fingerprint density at radius 1 is 0.490 bits per heavy atom. The Labute approximate surface area is 561 Å². The van der Waals surface area contributed by atoms with Crippen molar-refractivity contribution in [3.63, 3.8) is 0 Å². The van der Waals surface area contributed by atoms with Crippen LogP contribution in [0.5, 0.6) is 0 Å². The van der Waals surface area contributed by atoms with Gasteiger partial charge in [0.15, 0.2) is 54.6 Å². The van der Waals surface area contributed by atoms with Crippen molar-refractivity contribution in [3.05, 3.63) is 154 Å². The van der Waals surface area contributed by atoms with E-state index in [0.29, 0.717) is 94.9 Å². The molecule has 4 aromatic carbocycles. The predicted octanol–water partition coefficient (Wildman–Crippen LogP) is 9.45. The van der Waals surface area contributed by atoms with Crippen molar-refractivity contribution < 1.29 is 92.3 Å². The molecule has 9 atom stereocenters. The van der Waals surface area contributed by atoms with Gasteiger partial charge in [0.05, 0.1) is 27.4 Å². The summed E-state index contributed by atoms with van der Waals surface area (Å²) >= 11 is 0. The molecule has 0 spiro atoms. The number of rotatable bonds is 21. The maximum atomic E-state index is 14.0. The summed E-state index contributed by atoms with van der Waals surface area (Å²) in [5, 5.41) is -1.51. The average molecular weight is 1450 g/mol. The molecule has 1 aromatic heterocycles. The van der Waals surface area contributed by atoms with Gasteiger partial charge < -0.3 is 31.9 Å². The topological polar surface area (TPSA) is 267 Å². The fourth-order valence-electron chi connectivity index (χ4n) is 13.8. The van der Waals surface area contributed by atoms with Crippen LogP contribution in [0.15, 0.2) is 89.0 Å². The Kier molecular flexibility index (Phi) is 25.4. The van der Waals surface area contributed by atoms with E-state index in [9.17, 15) is 92.3 Å². The number of halogens is 12. The third kappa shape index (κ3) is 19.4. The number of alkyl halides is 3. The van der Waals surface area contributed by atoms with Gasteiger partial charge in [0.25, 0.3) is 0 Å².